The first-order valence-corrected chi connectivity index (χ1v) is 15.8. The summed E-state index contributed by atoms with van der Waals surface area (Å²) in [5.74, 6) is -5.32. The summed E-state index contributed by atoms with van der Waals surface area (Å²) in [5, 5.41) is 19.0. The molecule has 0 aliphatic heterocycles. The van der Waals surface area contributed by atoms with Crippen molar-refractivity contribution in [2.45, 2.75) is 168 Å². The molecule has 0 radical (unpaired) electrons. The van der Waals surface area contributed by atoms with Crippen LogP contribution < -0.4 is 0 Å². The van der Waals surface area contributed by atoms with E-state index in [0.29, 0.717) is 12.8 Å². The number of hydrogen-bond acceptors (Lipinski definition) is 4. The zero-order valence-corrected chi connectivity index (χ0v) is 24.7. The lowest BCUT2D eigenvalue weighted by Crippen LogP contribution is -2.26. The van der Waals surface area contributed by atoms with Crippen LogP contribution in [0.3, 0.4) is 0 Å². The fraction of sp³-hybridized carbons (Fsp3) is 0.875. The van der Waals surface area contributed by atoms with Gasteiger partial charge in [-0.15, -0.1) is 0 Å². The topological polar surface area (TPSA) is 109 Å². The third kappa shape index (κ3) is 21.2. The maximum Gasteiger partial charge on any atom is 0.306 e. The van der Waals surface area contributed by atoms with Crippen LogP contribution in [0.4, 0.5) is 0 Å². The number of carboxylic acid groups (broad SMARTS) is 2. The van der Waals surface area contributed by atoms with Gasteiger partial charge in [-0.3, -0.25) is 19.2 Å². The van der Waals surface area contributed by atoms with Gasteiger partial charge in [0.2, 0.25) is 0 Å². The molecule has 0 rings (SSSR count). The third-order valence-electron chi connectivity index (χ3n) is 7.69. The van der Waals surface area contributed by atoms with Gasteiger partial charge in [0.05, 0.1) is 11.8 Å². The lowest BCUT2D eigenvalue weighted by Gasteiger charge is -2.13. The second-order valence-corrected chi connectivity index (χ2v) is 11.3. The van der Waals surface area contributed by atoms with Crippen molar-refractivity contribution in [1.29, 1.82) is 0 Å². The number of hydrogen-bond donors (Lipinski definition) is 2. The average Bonchev–Trinajstić information content (AvgIpc) is 2.88. The summed E-state index contributed by atoms with van der Waals surface area (Å²) in [4.78, 5) is 48.1. The monoisotopic (exact) mass is 538 g/mol. The minimum atomic E-state index is -1.05. The molecule has 0 aromatic rings. The summed E-state index contributed by atoms with van der Waals surface area (Å²) in [6.07, 6.45) is 23.1. The second kappa shape index (κ2) is 25.6. The fourth-order valence-corrected chi connectivity index (χ4v) is 5.06. The van der Waals surface area contributed by atoms with Crippen LogP contribution in [0.15, 0.2) is 0 Å². The van der Waals surface area contributed by atoms with Crippen LogP contribution in [0, 0.1) is 11.8 Å². The summed E-state index contributed by atoms with van der Waals surface area (Å²) in [5.41, 5.74) is 0. The Morgan fingerprint density at radius 3 is 0.895 bits per heavy atom. The predicted molar refractivity (Wildman–Crippen MR) is 154 cm³/mol. The standard InChI is InChI=1S/C32H58O6/c1-3-5-7-9-11-13-15-17-19-21-23-27(31(35)36)25-29(33)30(34)26-28(32(37)38)24-22-20-18-16-14-12-10-8-6-4-2/h27-28H,3-26H2,1-2H3,(H,35,36)(H,37,38). The van der Waals surface area contributed by atoms with Crippen molar-refractivity contribution in [2.24, 2.45) is 11.8 Å². The molecule has 38 heavy (non-hydrogen) atoms. The maximum atomic E-state index is 12.4. The highest BCUT2D eigenvalue weighted by Crippen LogP contribution is 2.20. The highest BCUT2D eigenvalue weighted by molar-refractivity contribution is 6.37. The number of rotatable bonds is 29. The van der Waals surface area contributed by atoms with Crippen LogP contribution in [-0.4, -0.2) is 33.7 Å². The lowest BCUT2D eigenvalue weighted by molar-refractivity contribution is -0.148. The minimum Gasteiger partial charge on any atom is -0.481 e. The molecule has 2 atom stereocenters. The van der Waals surface area contributed by atoms with Crippen molar-refractivity contribution >= 4 is 23.5 Å². The highest BCUT2D eigenvalue weighted by atomic mass is 16.4. The van der Waals surface area contributed by atoms with Crippen molar-refractivity contribution in [3.63, 3.8) is 0 Å². The molecule has 0 aliphatic carbocycles. The first-order valence-electron chi connectivity index (χ1n) is 15.8. The quantitative estimate of drug-likeness (QED) is 0.0726. The van der Waals surface area contributed by atoms with Crippen LogP contribution in [0.5, 0.6) is 0 Å². The highest BCUT2D eigenvalue weighted by Gasteiger charge is 2.28. The molecule has 0 spiro atoms. The second-order valence-electron chi connectivity index (χ2n) is 11.3. The molecule has 2 N–H and O–H groups in total. The number of carbonyl (C=O) groups is 4. The molecular formula is C32H58O6. The Morgan fingerprint density at radius 2 is 0.658 bits per heavy atom. The van der Waals surface area contributed by atoms with Crippen molar-refractivity contribution in [1.82, 2.24) is 0 Å². The number of ketones is 2. The molecule has 0 aromatic carbocycles. The van der Waals surface area contributed by atoms with E-state index in [2.05, 4.69) is 13.8 Å². The van der Waals surface area contributed by atoms with Gasteiger partial charge in [0.1, 0.15) is 0 Å². The number of carboxylic acids is 2. The fourth-order valence-electron chi connectivity index (χ4n) is 5.06. The van der Waals surface area contributed by atoms with Crippen LogP contribution >= 0.6 is 0 Å². The van der Waals surface area contributed by atoms with Gasteiger partial charge < -0.3 is 10.2 Å². The van der Waals surface area contributed by atoms with E-state index in [1.807, 2.05) is 0 Å². The van der Waals surface area contributed by atoms with Gasteiger partial charge in [-0.1, -0.05) is 142 Å². The van der Waals surface area contributed by atoms with E-state index >= 15 is 0 Å². The Balaban J connectivity index is 4.18. The van der Waals surface area contributed by atoms with Gasteiger partial charge in [-0.05, 0) is 12.8 Å². The largest absolute Gasteiger partial charge is 0.481 e. The van der Waals surface area contributed by atoms with Crippen molar-refractivity contribution < 1.29 is 29.4 Å². The van der Waals surface area contributed by atoms with Gasteiger partial charge in [0.15, 0.2) is 11.6 Å². The van der Waals surface area contributed by atoms with E-state index in [4.69, 9.17) is 0 Å². The summed E-state index contributed by atoms with van der Waals surface area (Å²) >= 11 is 0. The van der Waals surface area contributed by atoms with Crippen molar-refractivity contribution in [2.75, 3.05) is 0 Å². The first-order chi connectivity index (χ1) is 18.3. The van der Waals surface area contributed by atoms with E-state index in [9.17, 15) is 29.4 Å². The maximum absolute atomic E-state index is 12.4. The number of aliphatic carboxylic acids is 2. The molecule has 0 saturated carbocycles. The molecule has 222 valence electrons. The molecule has 0 fully saturated rings. The molecule has 6 heteroatoms. The molecule has 0 aromatic heterocycles. The summed E-state index contributed by atoms with van der Waals surface area (Å²) in [6.45, 7) is 4.42. The molecular weight excluding hydrogens is 480 g/mol. The van der Waals surface area contributed by atoms with Gasteiger partial charge in [0, 0.05) is 12.8 Å². The van der Waals surface area contributed by atoms with E-state index in [0.717, 1.165) is 51.4 Å². The molecule has 6 nitrogen and oxygen atoms in total. The zero-order chi connectivity index (χ0) is 28.4. The number of Topliss-reactive ketones (excluding diaryl/α,β-unsaturated/α-hetero) is 2. The summed E-state index contributed by atoms with van der Waals surface area (Å²) in [7, 11) is 0. The van der Waals surface area contributed by atoms with Crippen LogP contribution in [0.2, 0.25) is 0 Å². The van der Waals surface area contributed by atoms with Crippen molar-refractivity contribution in [3.8, 4) is 0 Å². The summed E-state index contributed by atoms with van der Waals surface area (Å²) < 4.78 is 0. The van der Waals surface area contributed by atoms with Gasteiger partial charge >= 0.3 is 11.9 Å². The lowest BCUT2D eigenvalue weighted by atomic mass is 9.90. The Labute approximate surface area is 232 Å². The van der Waals surface area contributed by atoms with E-state index in [-0.39, 0.29) is 12.8 Å². The van der Waals surface area contributed by atoms with E-state index in [1.165, 1.54) is 77.0 Å². The van der Waals surface area contributed by atoms with Gasteiger partial charge in [-0.2, -0.15) is 0 Å². The number of unbranched alkanes of at least 4 members (excludes halogenated alkanes) is 18. The van der Waals surface area contributed by atoms with Crippen LogP contribution in [0.1, 0.15) is 168 Å². The van der Waals surface area contributed by atoms with Crippen molar-refractivity contribution in [3.05, 3.63) is 0 Å². The predicted octanol–water partition coefficient (Wildman–Crippen LogP) is 8.93. The minimum absolute atomic E-state index is 0.323. The smallest absolute Gasteiger partial charge is 0.306 e. The van der Waals surface area contributed by atoms with E-state index < -0.39 is 35.3 Å². The SMILES string of the molecule is CCCCCCCCCCCCC(CC(=O)C(=O)CC(CCCCCCCCCCCC)C(=O)O)C(=O)O. The molecule has 0 heterocycles. The first kappa shape index (κ1) is 36.3. The zero-order valence-electron chi connectivity index (χ0n) is 24.7. The Kier molecular flexibility index (Phi) is 24.4. The summed E-state index contributed by atoms with van der Waals surface area (Å²) in [6, 6.07) is 0. The van der Waals surface area contributed by atoms with E-state index in [1.54, 1.807) is 0 Å². The third-order valence-corrected chi connectivity index (χ3v) is 7.69. The normalized spacial score (nSPS) is 12.8. The number of carbonyl (C=O) groups excluding carboxylic acids is 2. The Hall–Kier alpha value is -1.72. The Bertz CT molecular complexity index is 575. The average molecular weight is 539 g/mol. The van der Waals surface area contributed by atoms with Gasteiger partial charge in [-0.25, -0.2) is 0 Å². The Morgan fingerprint density at radius 1 is 0.421 bits per heavy atom. The molecule has 2 unspecified atom stereocenters. The van der Waals surface area contributed by atoms with Crippen LogP contribution in [0.25, 0.3) is 0 Å². The molecule has 0 bridgehead atoms. The van der Waals surface area contributed by atoms with Gasteiger partial charge in [0.25, 0.3) is 0 Å². The molecule has 0 saturated heterocycles. The van der Waals surface area contributed by atoms with Crippen LogP contribution in [-0.2, 0) is 19.2 Å². The molecule has 0 amide bonds. The molecule has 0 aliphatic rings.